The van der Waals surface area contributed by atoms with Crippen LogP contribution in [0.3, 0.4) is 0 Å². The fraction of sp³-hybridized carbons (Fsp3) is 0.278. The first-order chi connectivity index (χ1) is 10.5. The number of para-hydroxylation sites is 2. The number of rotatable bonds is 6. The van der Waals surface area contributed by atoms with Crippen molar-refractivity contribution in [3.05, 3.63) is 59.2 Å². The van der Waals surface area contributed by atoms with Gasteiger partial charge in [-0.25, -0.2) is 4.79 Å². The maximum absolute atomic E-state index is 11.5. The smallest absolute Gasteiger partial charge is 0.345 e. The predicted octanol–water partition coefficient (Wildman–Crippen LogP) is 3.39. The third-order valence-corrected chi connectivity index (χ3v) is 3.52. The second-order valence-corrected chi connectivity index (χ2v) is 5.23. The maximum atomic E-state index is 11.5. The van der Waals surface area contributed by atoms with E-state index in [9.17, 15) is 9.90 Å². The molecule has 0 radical (unpaired) electrons. The molecule has 0 spiro atoms. The highest BCUT2D eigenvalue weighted by Gasteiger charge is 2.22. The summed E-state index contributed by atoms with van der Waals surface area (Å²) in [4.78, 5) is 11.5. The molecule has 4 heteroatoms. The van der Waals surface area contributed by atoms with Gasteiger partial charge in [0.05, 0.1) is 7.11 Å². The summed E-state index contributed by atoms with van der Waals surface area (Å²) in [6.45, 7) is 3.95. The van der Waals surface area contributed by atoms with Gasteiger partial charge in [-0.2, -0.15) is 0 Å². The zero-order valence-corrected chi connectivity index (χ0v) is 13.0. The number of aliphatic carboxylic acids is 1. The van der Waals surface area contributed by atoms with Crippen LogP contribution >= 0.6 is 0 Å². The minimum atomic E-state index is -0.994. The number of benzene rings is 2. The second-order valence-electron chi connectivity index (χ2n) is 5.23. The average Bonchev–Trinajstić information content (AvgIpc) is 2.50. The van der Waals surface area contributed by atoms with Gasteiger partial charge in [-0.3, -0.25) is 0 Å². The molecule has 0 aromatic heterocycles. The number of hydrogen-bond donors (Lipinski definition) is 1. The summed E-state index contributed by atoms with van der Waals surface area (Å²) in [6, 6.07) is 13.0. The summed E-state index contributed by atoms with van der Waals surface area (Å²) in [7, 11) is 1.53. The van der Waals surface area contributed by atoms with E-state index in [0.717, 1.165) is 16.7 Å². The lowest BCUT2D eigenvalue weighted by Gasteiger charge is -2.18. The van der Waals surface area contributed by atoms with E-state index in [4.69, 9.17) is 9.47 Å². The third kappa shape index (κ3) is 3.79. The van der Waals surface area contributed by atoms with Gasteiger partial charge in [0.2, 0.25) is 0 Å². The quantitative estimate of drug-likeness (QED) is 0.888. The molecule has 0 bridgehead atoms. The number of carbonyl (C=O) groups is 1. The van der Waals surface area contributed by atoms with Crippen LogP contribution in [0.5, 0.6) is 11.5 Å². The molecule has 2 rings (SSSR count). The van der Waals surface area contributed by atoms with Crippen LogP contribution in [0.4, 0.5) is 0 Å². The Morgan fingerprint density at radius 2 is 1.82 bits per heavy atom. The molecule has 22 heavy (non-hydrogen) atoms. The van der Waals surface area contributed by atoms with Crippen molar-refractivity contribution in [2.45, 2.75) is 26.4 Å². The van der Waals surface area contributed by atoms with Gasteiger partial charge in [-0.05, 0) is 37.1 Å². The van der Waals surface area contributed by atoms with Crippen molar-refractivity contribution in [3.63, 3.8) is 0 Å². The van der Waals surface area contributed by atoms with Crippen molar-refractivity contribution in [2.75, 3.05) is 7.11 Å². The average molecular weight is 300 g/mol. The molecule has 0 fully saturated rings. The van der Waals surface area contributed by atoms with Crippen molar-refractivity contribution in [3.8, 4) is 11.5 Å². The van der Waals surface area contributed by atoms with Gasteiger partial charge in [-0.1, -0.05) is 35.9 Å². The summed E-state index contributed by atoms with van der Waals surface area (Å²) in [5.74, 6) is -0.0377. The van der Waals surface area contributed by atoms with Crippen LogP contribution in [0.1, 0.15) is 16.7 Å². The summed E-state index contributed by atoms with van der Waals surface area (Å²) in [6.07, 6.45) is -0.655. The molecule has 4 nitrogen and oxygen atoms in total. The highest BCUT2D eigenvalue weighted by atomic mass is 16.5. The molecule has 116 valence electrons. The van der Waals surface area contributed by atoms with E-state index in [0.29, 0.717) is 17.9 Å². The molecule has 0 heterocycles. The highest BCUT2D eigenvalue weighted by Crippen LogP contribution is 2.27. The van der Waals surface area contributed by atoms with E-state index in [1.54, 1.807) is 18.2 Å². The summed E-state index contributed by atoms with van der Waals surface area (Å²) >= 11 is 0. The highest BCUT2D eigenvalue weighted by molar-refractivity contribution is 5.73. The lowest BCUT2D eigenvalue weighted by atomic mass is 10.00. The van der Waals surface area contributed by atoms with Crippen LogP contribution in [0.15, 0.2) is 42.5 Å². The van der Waals surface area contributed by atoms with Crippen molar-refractivity contribution in [2.24, 2.45) is 0 Å². The number of methoxy groups -OCH3 is 1. The Morgan fingerprint density at radius 3 is 2.45 bits per heavy atom. The predicted molar refractivity (Wildman–Crippen MR) is 84.7 cm³/mol. The Balaban J connectivity index is 2.24. The Hall–Kier alpha value is -2.49. The van der Waals surface area contributed by atoms with E-state index in [1.165, 1.54) is 7.11 Å². The van der Waals surface area contributed by atoms with Crippen LogP contribution in [0.25, 0.3) is 0 Å². The number of carboxylic acid groups (broad SMARTS) is 1. The Kier molecular flexibility index (Phi) is 5.04. The Labute approximate surface area is 130 Å². The first kappa shape index (κ1) is 15.9. The topological polar surface area (TPSA) is 55.8 Å². The van der Waals surface area contributed by atoms with Gasteiger partial charge >= 0.3 is 5.97 Å². The summed E-state index contributed by atoms with van der Waals surface area (Å²) in [5.41, 5.74) is 3.13. The van der Waals surface area contributed by atoms with Gasteiger partial charge in [0, 0.05) is 6.42 Å². The standard InChI is InChI=1S/C18H20O4/c1-12-8-9-13(2)14(10-12)11-17(18(19)20)22-16-7-5-4-6-15(16)21-3/h4-10,17H,11H2,1-3H3,(H,19,20). The Bertz CT molecular complexity index is 664. The van der Waals surface area contributed by atoms with Gasteiger partial charge in [-0.15, -0.1) is 0 Å². The molecule has 0 saturated carbocycles. The first-order valence-corrected chi connectivity index (χ1v) is 7.10. The lowest BCUT2D eigenvalue weighted by molar-refractivity contribution is -0.145. The van der Waals surface area contributed by atoms with E-state index in [-0.39, 0.29) is 0 Å². The molecule has 0 aliphatic rings. The third-order valence-electron chi connectivity index (χ3n) is 3.52. The number of carboxylic acids is 1. The van der Waals surface area contributed by atoms with E-state index >= 15 is 0 Å². The zero-order valence-electron chi connectivity index (χ0n) is 13.0. The lowest BCUT2D eigenvalue weighted by Crippen LogP contribution is -2.29. The molecule has 0 aliphatic heterocycles. The molecular formula is C18H20O4. The summed E-state index contributed by atoms with van der Waals surface area (Å²) in [5, 5.41) is 9.45. The van der Waals surface area contributed by atoms with Crippen molar-refractivity contribution in [1.82, 2.24) is 0 Å². The molecule has 0 aliphatic carbocycles. The molecule has 1 unspecified atom stereocenters. The minimum Gasteiger partial charge on any atom is -0.493 e. The van der Waals surface area contributed by atoms with Crippen molar-refractivity contribution >= 4 is 5.97 Å². The van der Waals surface area contributed by atoms with Crippen molar-refractivity contribution < 1.29 is 19.4 Å². The number of aryl methyl sites for hydroxylation is 2. The first-order valence-electron chi connectivity index (χ1n) is 7.10. The van der Waals surface area contributed by atoms with Gasteiger partial charge < -0.3 is 14.6 Å². The molecular weight excluding hydrogens is 280 g/mol. The fourth-order valence-corrected chi connectivity index (χ4v) is 2.27. The van der Waals surface area contributed by atoms with Gasteiger partial charge in [0.15, 0.2) is 17.6 Å². The van der Waals surface area contributed by atoms with E-state index < -0.39 is 12.1 Å². The van der Waals surface area contributed by atoms with Crippen molar-refractivity contribution in [1.29, 1.82) is 0 Å². The van der Waals surface area contributed by atoms with E-state index in [2.05, 4.69) is 0 Å². The summed E-state index contributed by atoms with van der Waals surface area (Å²) < 4.78 is 10.9. The Morgan fingerprint density at radius 1 is 1.14 bits per heavy atom. The normalized spacial score (nSPS) is 11.8. The molecule has 1 N–H and O–H groups in total. The van der Waals surface area contributed by atoms with E-state index in [1.807, 2.05) is 38.1 Å². The fourth-order valence-electron chi connectivity index (χ4n) is 2.27. The largest absolute Gasteiger partial charge is 0.493 e. The number of ether oxygens (including phenoxy) is 2. The molecule has 0 amide bonds. The number of hydrogen-bond acceptors (Lipinski definition) is 3. The van der Waals surface area contributed by atoms with Crippen LogP contribution in [0, 0.1) is 13.8 Å². The monoisotopic (exact) mass is 300 g/mol. The zero-order chi connectivity index (χ0) is 16.1. The maximum Gasteiger partial charge on any atom is 0.345 e. The van der Waals surface area contributed by atoms with Crippen LogP contribution in [-0.2, 0) is 11.2 Å². The molecule has 1 atom stereocenters. The SMILES string of the molecule is COc1ccccc1OC(Cc1cc(C)ccc1C)C(=O)O. The van der Waals surface area contributed by atoms with Gasteiger partial charge in [0.25, 0.3) is 0 Å². The van der Waals surface area contributed by atoms with Crippen LogP contribution in [0.2, 0.25) is 0 Å². The minimum absolute atomic E-state index is 0.306. The van der Waals surface area contributed by atoms with Crippen LogP contribution in [-0.4, -0.2) is 24.3 Å². The molecule has 2 aromatic carbocycles. The molecule has 0 saturated heterocycles. The second kappa shape index (κ2) is 6.98. The van der Waals surface area contributed by atoms with Gasteiger partial charge in [0.1, 0.15) is 0 Å². The molecule has 2 aromatic rings. The van der Waals surface area contributed by atoms with Crippen LogP contribution < -0.4 is 9.47 Å².